The summed E-state index contributed by atoms with van der Waals surface area (Å²) in [4.78, 5) is 15.0. The van der Waals surface area contributed by atoms with Gasteiger partial charge in [0.2, 0.25) is 5.91 Å². The summed E-state index contributed by atoms with van der Waals surface area (Å²) in [6.45, 7) is 9.97. The topological polar surface area (TPSA) is 38.3 Å². The summed E-state index contributed by atoms with van der Waals surface area (Å²) < 4.78 is 5.20. The molecule has 0 saturated carbocycles. The molecule has 4 heteroatoms. The molecule has 0 atom stereocenters. The smallest absolute Gasteiger partial charge is 0.224 e. The average molecular weight is 456 g/mol. The lowest BCUT2D eigenvalue weighted by Gasteiger charge is -2.09. The second-order valence-corrected chi connectivity index (χ2v) is 8.51. The van der Waals surface area contributed by atoms with Gasteiger partial charge < -0.3 is 10.1 Å². The molecule has 3 nitrogen and oxygen atoms in total. The van der Waals surface area contributed by atoms with Crippen molar-refractivity contribution < 1.29 is 9.53 Å². The van der Waals surface area contributed by atoms with Gasteiger partial charge in [0.1, 0.15) is 5.75 Å². The molecule has 33 heavy (non-hydrogen) atoms. The normalized spacial score (nSPS) is 11.4. The van der Waals surface area contributed by atoms with Crippen LogP contribution in [0.25, 0.3) is 21.6 Å². The van der Waals surface area contributed by atoms with Gasteiger partial charge in [-0.15, -0.1) is 11.3 Å². The summed E-state index contributed by atoms with van der Waals surface area (Å²) in [5, 5.41) is 3.13. The number of hydrogen-bond donors (Lipinski definition) is 1. The molecule has 0 radical (unpaired) electrons. The van der Waals surface area contributed by atoms with E-state index in [1.165, 1.54) is 0 Å². The highest BCUT2D eigenvalue weighted by Gasteiger charge is 2.15. The third-order valence-corrected chi connectivity index (χ3v) is 6.36. The fourth-order valence-corrected chi connectivity index (χ4v) is 4.53. The quantitative estimate of drug-likeness (QED) is 0.315. The zero-order valence-electron chi connectivity index (χ0n) is 19.1. The highest BCUT2D eigenvalue weighted by Crippen LogP contribution is 2.40. The lowest BCUT2D eigenvalue weighted by molar-refractivity contribution is -0.116. The zero-order valence-corrected chi connectivity index (χ0v) is 20.0. The van der Waals surface area contributed by atoms with Crippen LogP contribution in [-0.2, 0) is 4.79 Å². The van der Waals surface area contributed by atoms with E-state index in [-0.39, 0.29) is 5.91 Å². The first-order valence-corrected chi connectivity index (χ1v) is 11.6. The maximum atomic E-state index is 12.9. The summed E-state index contributed by atoms with van der Waals surface area (Å²) >= 11 is 1.66. The number of hydrogen-bond acceptors (Lipinski definition) is 3. The molecular formula is C29H29NO2S. The van der Waals surface area contributed by atoms with Crippen molar-refractivity contribution in [2.24, 2.45) is 0 Å². The molecule has 0 spiro atoms. The van der Waals surface area contributed by atoms with Crippen LogP contribution in [0.4, 0.5) is 5.69 Å². The number of amides is 1. The van der Waals surface area contributed by atoms with E-state index in [1.807, 2.05) is 73.7 Å². The number of thiophene rings is 1. The summed E-state index contributed by atoms with van der Waals surface area (Å²) in [5.41, 5.74) is 4.89. The van der Waals surface area contributed by atoms with Crippen molar-refractivity contribution in [3.05, 3.63) is 109 Å². The summed E-state index contributed by atoms with van der Waals surface area (Å²) in [6, 6.07) is 19.9. The van der Waals surface area contributed by atoms with Crippen molar-refractivity contribution in [1.82, 2.24) is 0 Å². The number of anilines is 1. The van der Waals surface area contributed by atoms with Gasteiger partial charge in [0.05, 0.1) is 17.7 Å². The number of ether oxygens (including phenoxy) is 1. The fourth-order valence-electron chi connectivity index (χ4n) is 3.40. The van der Waals surface area contributed by atoms with Crippen LogP contribution in [0.2, 0.25) is 0 Å². The highest BCUT2D eigenvalue weighted by atomic mass is 32.1. The lowest BCUT2D eigenvalue weighted by atomic mass is 10.0. The van der Waals surface area contributed by atoms with Crippen molar-refractivity contribution in [2.45, 2.75) is 19.8 Å². The van der Waals surface area contributed by atoms with Gasteiger partial charge in [0.25, 0.3) is 0 Å². The van der Waals surface area contributed by atoms with Crippen LogP contribution in [0.3, 0.4) is 0 Å². The minimum Gasteiger partial charge on any atom is -0.497 e. The van der Waals surface area contributed by atoms with Crippen LogP contribution in [-0.4, -0.2) is 13.0 Å². The maximum absolute atomic E-state index is 12.9. The minimum atomic E-state index is -0.0357. The van der Waals surface area contributed by atoms with Crippen LogP contribution in [0.15, 0.2) is 98.1 Å². The van der Waals surface area contributed by atoms with Crippen LogP contribution < -0.4 is 10.1 Å². The number of carbonyl (C=O) groups excluding carboxylic acids is 1. The number of rotatable bonds is 10. The minimum absolute atomic E-state index is 0.0357. The van der Waals surface area contributed by atoms with E-state index in [0.717, 1.165) is 43.5 Å². The molecule has 0 bridgehead atoms. The number of methoxy groups -OCH3 is 1. The largest absolute Gasteiger partial charge is 0.497 e. The van der Waals surface area contributed by atoms with E-state index in [9.17, 15) is 4.79 Å². The molecule has 0 aliphatic rings. The molecule has 1 aromatic heterocycles. The molecule has 2 aromatic carbocycles. The Morgan fingerprint density at radius 3 is 2.45 bits per heavy atom. The molecular weight excluding hydrogens is 426 g/mol. The van der Waals surface area contributed by atoms with Crippen LogP contribution >= 0.6 is 11.3 Å². The molecule has 1 N–H and O–H groups in total. The van der Waals surface area contributed by atoms with Crippen molar-refractivity contribution in [3.63, 3.8) is 0 Å². The van der Waals surface area contributed by atoms with Gasteiger partial charge in [-0.05, 0) is 53.8 Å². The van der Waals surface area contributed by atoms with Gasteiger partial charge in [-0.2, -0.15) is 0 Å². The predicted octanol–water partition coefficient (Wildman–Crippen LogP) is 8.00. The molecule has 1 amide bonds. The maximum Gasteiger partial charge on any atom is 0.224 e. The van der Waals surface area contributed by atoms with Gasteiger partial charge in [0, 0.05) is 11.3 Å². The molecule has 1 heterocycles. The van der Waals surface area contributed by atoms with Crippen molar-refractivity contribution in [2.75, 3.05) is 12.4 Å². The SMILES string of the molecule is C=C/C=C(\C=C/C)c1cc(NC(=O)CCC(=C)c2ccc(OC)cc2)c(-c2ccccc2)s1. The average Bonchev–Trinajstić information content (AvgIpc) is 3.26. The van der Waals surface area contributed by atoms with Crippen molar-refractivity contribution in [3.8, 4) is 16.2 Å². The Labute approximate surface area is 200 Å². The molecule has 168 valence electrons. The van der Waals surface area contributed by atoms with Crippen molar-refractivity contribution in [1.29, 1.82) is 0 Å². The molecule has 0 aliphatic carbocycles. The molecule has 0 unspecified atom stereocenters. The first kappa shape index (κ1) is 24.0. The van der Waals surface area contributed by atoms with Gasteiger partial charge in [0.15, 0.2) is 0 Å². The van der Waals surface area contributed by atoms with Crippen LogP contribution in [0, 0.1) is 0 Å². The Morgan fingerprint density at radius 1 is 1.09 bits per heavy atom. The van der Waals surface area contributed by atoms with E-state index in [0.29, 0.717) is 12.8 Å². The summed E-state index contributed by atoms with van der Waals surface area (Å²) in [7, 11) is 1.64. The third kappa shape index (κ3) is 6.43. The van der Waals surface area contributed by atoms with E-state index in [2.05, 4.69) is 30.6 Å². The number of allylic oxidation sites excluding steroid dienone is 6. The van der Waals surface area contributed by atoms with Gasteiger partial charge in [-0.25, -0.2) is 0 Å². The standard InChI is InChI=1S/C29H29NO2S/c1-5-10-23(11-6-2)27-20-26(29(33-27)24-12-8-7-9-13-24)30-28(31)19-14-21(3)22-15-17-25(32-4)18-16-22/h5-13,15-18,20H,1,3,14,19H2,2,4H3,(H,30,31)/b11-6-,23-10+. The molecule has 0 aliphatic heterocycles. The second-order valence-electron chi connectivity index (χ2n) is 7.46. The molecule has 0 saturated heterocycles. The van der Waals surface area contributed by atoms with E-state index in [1.54, 1.807) is 24.5 Å². The number of carbonyl (C=O) groups is 1. The monoisotopic (exact) mass is 455 g/mol. The van der Waals surface area contributed by atoms with E-state index in [4.69, 9.17) is 4.74 Å². The summed E-state index contributed by atoms with van der Waals surface area (Å²) in [6.07, 6.45) is 8.74. The lowest BCUT2D eigenvalue weighted by Crippen LogP contribution is -2.11. The van der Waals surface area contributed by atoms with Crippen molar-refractivity contribution >= 4 is 34.1 Å². The number of benzene rings is 2. The zero-order chi connectivity index (χ0) is 23.6. The van der Waals surface area contributed by atoms with E-state index >= 15 is 0 Å². The van der Waals surface area contributed by atoms with Crippen LogP contribution in [0.5, 0.6) is 5.75 Å². The third-order valence-electron chi connectivity index (χ3n) is 5.12. The Kier molecular flexibility index (Phi) is 8.62. The first-order valence-electron chi connectivity index (χ1n) is 10.8. The molecule has 3 rings (SSSR count). The van der Waals surface area contributed by atoms with E-state index < -0.39 is 0 Å². The second kappa shape index (κ2) is 11.8. The Balaban J connectivity index is 1.78. The molecule has 3 aromatic rings. The predicted molar refractivity (Wildman–Crippen MR) is 143 cm³/mol. The number of nitrogens with one attached hydrogen (secondary N) is 1. The first-order chi connectivity index (χ1) is 16.0. The summed E-state index contributed by atoms with van der Waals surface area (Å²) in [5.74, 6) is 0.764. The highest BCUT2D eigenvalue weighted by molar-refractivity contribution is 7.17. The van der Waals surface area contributed by atoms with Crippen LogP contribution in [0.1, 0.15) is 30.2 Å². The van der Waals surface area contributed by atoms with Gasteiger partial charge >= 0.3 is 0 Å². The Morgan fingerprint density at radius 2 is 1.82 bits per heavy atom. The van der Waals surface area contributed by atoms with Gasteiger partial charge in [-0.3, -0.25) is 4.79 Å². The molecule has 0 fully saturated rings. The fraction of sp³-hybridized carbons (Fsp3) is 0.138. The van der Waals surface area contributed by atoms with Gasteiger partial charge in [-0.1, -0.05) is 79.9 Å². The Bertz CT molecular complexity index is 1170. The Hall–Kier alpha value is -3.63.